The van der Waals surface area contributed by atoms with E-state index < -0.39 is 10.0 Å². The zero-order valence-corrected chi connectivity index (χ0v) is 17.3. The first kappa shape index (κ1) is 20.4. The number of piperidine rings is 1. The molecule has 1 aliphatic rings. The van der Waals surface area contributed by atoms with E-state index in [2.05, 4.69) is 12.2 Å². The molecule has 1 saturated heterocycles. The first-order valence-electron chi connectivity index (χ1n) is 9.37. The average Bonchev–Trinajstić information content (AvgIpc) is 2.68. The van der Waals surface area contributed by atoms with Crippen LogP contribution in [-0.2, 0) is 10.0 Å². The number of anilines is 1. The monoisotopic (exact) mass is 402 g/mol. The highest BCUT2D eigenvalue weighted by Gasteiger charge is 2.28. The molecule has 1 N–H and O–H groups in total. The molecule has 6 nitrogen and oxygen atoms in total. The van der Waals surface area contributed by atoms with Crippen molar-refractivity contribution in [3.63, 3.8) is 0 Å². The van der Waals surface area contributed by atoms with E-state index in [1.165, 1.54) is 0 Å². The summed E-state index contributed by atoms with van der Waals surface area (Å²) >= 11 is 0. The molecule has 28 heavy (non-hydrogen) atoms. The number of methoxy groups -OCH3 is 1. The molecule has 3 rings (SSSR count). The van der Waals surface area contributed by atoms with Crippen LogP contribution in [0, 0.1) is 12.8 Å². The van der Waals surface area contributed by atoms with Crippen LogP contribution in [0.25, 0.3) is 0 Å². The van der Waals surface area contributed by atoms with E-state index in [9.17, 15) is 13.2 Å². The summed E-state index contributed by atoms with van der Waals surface area (Å²) in [6.07, 6.45) is 1.94. The van der Waals surface area contributed by atoms with Crippen LogP contribution in [0.3, 0.4) is 0 Å². The van der Waals surface area contributed by atoms with Gasteiger partial charge in [-0.25, -0.2) is 8.42 Å². The van der Waals surface area contributed by atoms with Gasteiger partial charge in [0.15, 0.2) is 0 Å². The van der Waals surface area contributed by atoms with Gasteiger partial charge >= 0.3 is 0 Å². The molecular formula is C21H26N2O4S. The van der Waals surface area contributed by atoms with Crippen molar-refractivity contribution in [3.05, 3.63) is 53.6 Å². The number of nitrogens with zero attached hydrogens (tertiary/aromatic N) is 1. The van der Waals surface area contributed by atoms with Gasteiger partial charge in [-0.1, -0.05) is 13.0 Å². The molecule has 2 aromatic carbocycles. The maximum absolute atomic E-state index is 12.8. The fourth-order valence-electron chi connectivity index (χ4n) is 3.39. The van der Waals surface area contributed by atoms with Gasteiger partial charge in [-0.3, -0.25) is 4.79 Å². The summed E-state index contributed by atoms with van der Waals surface area (Å²) < 4.78 is 32.4. The Hall–Kier alpha value is -2.38. The van der Waals surface area contributed by atoms with Crippen LogP contribution in [-0.4, -0.2) is 38.8 Å². The molecule has 7 heteroatoms. The van der Waals surface area contributed by atoms with Gasteiger partial charge < -0.3 is 10.1 Å². The quantitative estimate of drug-likeness (QED) is 0.828. The van der Waals surface area contributed by atoms with Crippen molar-refractivity contribution in [1.82, 2.24) is 4.31 Å². The molecule has 1 amide bonds. The number of hydrogen-bond donors (Lipinski definition) is 1. The summed E-state index contributed by atoms with van der Waals surface area (Å²) in [5, 5.41) is 2.79. The van der Waals surface area contributed by atoms with Crippen molar-refractivity contribution in [2.45, 2.75) is 31.6 Å². The average molecular weight is 403 g/mol. The number of benzene rings is 2. The third kappa shape index (κ3) is 4.36. The minimum Gasteiger partial charge on any atom is -0.496 e. The fraction of sp³-hybridized carbons (Fsp3) is 0.381. The smallest absolute Gasteiger partial charge is 0.255 e. The SMILES string of the molecule is COc1cc(C(=O)Nc2ccc(S(=O)(=O)N3CCCC(C)C3)cc2)ccc1C. The Morgan fingerprint density at radius 2 is 1.89 bits per heavy atom. The number of nitrogens with one attached hydrogen (secondary N) is 1. The van der Waals surface area contributed by atoms with Crippen LogP contribution >= 0.6 is 0 Å². The van der Waals surface area contributed by atoms with Crippen molar-refractivity contribution in [3.8, 4) is 5.75 Å². The largest absolute Gasteiger partial charge is 0.496 e. The molecule has 0 radical (unpaired) electrons. The molecule has 0 aromatic heterocycles. The number of sulfonamides is 1. The molecule has 1 heterocycles. The zero-order valence-electron chi connectivity index (χ0n) is 16.4. The van der Waals surface area contributed by atoms with Crippen LogP contribution in [0.1, 0.15) is 35.7 Å². The van der Waals surface area contributed by atoms with Crippen molar-refractivity contribution >= 4 is 21.6 Å². The lowest BCUT2D eigenvalue weighted by molar-refractivity contribution is 0.102. The third-order valence-electron chi connectivity index (χ3n) is 5.04. The second-order valence-electron chi connectivity index (χ2n) is 7.27. The number of ether oxygens (including phenoxy) is 1. The summed E-state index contributed by atoms with van der Waals surface area (Å²) in [5.74, 6) is 0.734. The maximum Gasteiger partial charge on any atom is 0.255 e. The standard InChI is InChI=1S/C21H26N2O4S/c1-15-5-4-12-23(14-15)28(25,26)19-10-8-18(9-11-19)22-21(24)17-7-6-16(2)20(13-17)27-3/h6-11,13,15H,4-5,12,14H2,1-3H3,(H,22,24). The molecule has 1 aliphatic heterocycles. The number of carbonyl (C=O) groups is 1. The molecule has 0 aliphatic carbocycles. The van der Waals surface area contributed by atoms with Crippen molar-refractivity contribution in [2.75, 3.05) is 25.5 Å². The summed E-state index contributed by atoms with van der Waals surface area (Å²) in [6.45, 7) is 5.08. The van der Waals surface area contributed by atoms with E-state index in [0.717, 1.165) is 18.4 Å². The van der Waals surface area contributed by atoms with E-state index in [-0.39, 0.29) is 10.8 Å². The van der Waals surface area contributed by atoms with Crippen LogP contribution in [0.5, 0.6) is 5.75 Å². The van der Waals surface area contributed by atoms with Crippen molar-refractivity contribution < 1.29 is 17.9 Å². The van der Waals surface area contributed by atoms with E-state index >= 15 is 0 Å². The number of carbonyl (C=O) groups excluding carboxylic acids is 1. The van der Waals surface area contributed by atoms with Crippen molar-refractivity contribution in [1.29, 1.82) is 0 Å². The first-order valence-corrected chi connectivity index (χ1v) is 10.8. The number of aryl methyl sites for hydroxylation is 1. The van der Waals surface area contributed by atoms with E-state index in [1.807, 2.05) is 13.0 Å². The maximum atomic E-state index is 12.8. The topological polar surface area (TPSA) is 75.7 Å². The lowest BCUT2D eigenvalue weighted by Gasteiger charge is -2.30. The Morgan fingerprint density at radius 3 is 2.54 bits per heavy atom. The number of hydrogen-bond acceptors (Lipinski definition) is 4. The van der Waals surface area contributed by atoms with E-state index in [1.54, 1.807) is 47.8 Å². The van der Waals surface area contributed by atoms with Crippen LogP contribution in [0.15, 0.2) is 47.4 Å². The highest BCUT2D eigenvalue weighted by molar-refractivity contribution is 7.89. The zero-order chi connectivity index (χ0) is 20.3. The molecule has 1 atom stereocenters. The molecular weight excluding hydrogens is 376 g/mol. The Morgan fingerprint density at radius 1 is 1.18 bits per heavy atom. The van der Waals surface area contributed by atoms with Gasteiger partial charge in [0.1, 0.15) is 5.75 Å². The lowest BCUT2D eigenvalue weighted by Crippen LogP contribution is -2.39. The predicted octanol–water partition coefficient (Wildman–Crippen LogP) is 3.68. The first-order chi connectivity index (χ1) is 13.3. The molecule has 2 aromatic rings. The molecule has 1 unspecified atom stereocenters. The Kier molecular flexibility index (Phi) is 6.05. The highest BCUT2D eigenvalue weighted by atomic mass is 32.2. The van der Waals surface area contributed by atoms with Gasteiger partial charge in [-0.2, -0.15) is 4.31 Å². The predicted molar refractivity (Wildman–Crippen MR) is 109 cm³/mol. The minimum atomic E-state index is -3.50. The van der Waals surface area contributed by atoms with E-state index in [4.69, 9.17) is 4.74 Å². The van der Waals surface area contributed by atoms with Crippen LogP contribution in [0.2, 0.25) is 0 Å². The minimum absolute atomic E-state index is 0.247. The van der Waals surface area contributed by atoms with Gasteiger partial charge in [0.25, 0.3) is 5.91 Å². The van der Waals surface area contributed by atoms with Gasteiger partial charge in [-0.15, -0.1) is 0 Å². The summed E-state index contributed by atoms with van der Waals surface area (Å²) in [5.41, 5.74) is 1.96. The van der Waals surface area contributed by atoms with Gasteiger partial charge in [0, 0.05) is 24.3 Å². The molecule has 1 fully saturated rings. The van der Waals surface area contributed by atoms with Gasteiger partial charge in [-0.05, 0) is 67.6 Å². The van der Waals surface area contributed by atoms with Crippen LogP contribution < -0.4 is 10.1 Å². The Bertz CT molecular complexity index is 955. The molecule has 0 bridgehead atoms. The highest BCUT2D eigenvalue weighted by Crippen LogP contribution is 2.25. The summed E-state index contributed by atoms with van der Waals surface area (Å²) in [4.78, 5) is 12.7. The number of rotatable bonds is 5. The summed E-state index contributed by atoms with van der Waals surface area (Å²) in [6, 6.07) is 11.5. The van der Waals surface area contributed by atoms with Gasteiger partial charge in [0.05, 0.1) is 12.0 Å². The second kappa shape index (κ2) is 8.32. The molecule has 0 spiro atoms. The molecule has 0 saturated carbocycles. The van der Waals surface area contributed by atoms with Crippen molar-refractivity contribution in [2.24, 2.45) is 5.92 Å². The lowest BCUT2D eigenvalue weighted by atomic mass is 10.0. The van der Waals surface area contributed by atoms with Crippen LogP contribution in [0.4, 0.5) is 5.69 Å². The fourth-order valence-corrected chi connectivity index (χ4v) is 4.99. The number of amides is 1. The molecule has 150 valence electrons. The summed E-state index contributed by atoms with van der Waals surface area (Å²) in [7, 11) is -1.94. The second-order valence-corrected chi connectivity index (χ2v) is 9.21. The Balaban J connectivity index is 1.73. The van der Waals surface area contributed by atoms with Gasteiger partial charge in [0.2, 0.25) is 10.0 Å². The Labute approximate surface area is 166 Å². The normalized spacial score (nSPS) is 17.9. The third-order valence-corrected chi connectivity index (χ3v) is 6.92. The van der Waals surface area contributed by atoms with E-state index in [0.29, 0.717) is 36.0 Å².